The average Bonchev–Trinajstić information content (AvgIpc) is 2.70. The van der Waals surface area contributed by atoms with Gasteiger partial charge in [0.15, 0.2) is 0 Å². The lowest BCUT2D eigenvalue weighted by molar-refractivity contribution is 0.269. The molecule has 0 amide bonds. The molecule has 3 aromatic rings. The van der Waals surface area contributed by atoms with E-state index in [-0.39, 0.29) is 29.6 Å². The third-order valence-corrected chi connectivity index (χ3v) is 7.18. The lowest BCUT2D eigenvalue weighted by Gasteiger charge is -2.32. The topological polar surface area (TPSA) is 72.3 Å². The predicted octanol–water partition coefficient (Wildman–Crippen LogP) is 2.87. The van der Waals surface area contributed by atoms with Gasteiger partial charge in [-0.25, -0.2) is 17.8 Å². The molecular weight excluding hydrogens is 381 g/mol. The van der Waals surface area contributed by atoms with Gasteiger partial charge in [-0.15, -0.1) is 0 Å². The molecule has 28 heavy (non-hydrogen) atoms. The van der Waals surface area contributed by atoms with Crippen molar-refractivity contribution in [2.75, 3.05) is 13.1 Å². The van der Waals surface area contributed by atoms with Gasteiger partial charge in [-0.05, 0) is 49.6 Å². The quantitative estimate of drug-likeness (QED) is 0.677. The fourth-order valence-corrected chi connectivity index (χ4v) is 5.07. The monoisotopic (exact) mass is 401 g/mol. The van der Waals surface area contributed by atoms with Crippen LogP contribution in [-0.4, -0.2) is 35.4 Å². The number of rotatable bonds is 3. The summed E-state index contributed by atoms with van der Waals surface area (Å²) in [6, 6.07) is 11.0. The van der Waals surface area contributed by atoms with E-state index in [1.54, 1.807) is 29.7 Å². The molecule has 0 saturated carbocycles. The van der Waals surface area contributed by atoms with Gasteiger partial charge in [-0.2, -0.15) is 4.31 Å². The summed E-state index contributed by atoms with van der Waals surface area (Å²) in [6.07, 6.45) is 2.52. The van der Waals surface area contributed by atoms with Crippen molar-refractivity contribution in [2.24, 2.45) is 0 Å². The summed E-state index contributed by atoms with van der Waals surface area (Å²) < 4.78 is 42.4. The van der Waals surface area contributed by atoms with Gasteiger partial charge in [0.1, 0.15) is 5.82 Å². The zero-order valence-electron chi connectivity index (χ0n) is 15.4. The normalized spacial score (nSPS) is 16.5. The number of nitrogens with zero attached hydrogens (tertiary/aromatic N) is 3. The highest BCUT2D eigenvalue weighted by atomic mass is 32.2. The Bertz CT molecular complexity index is 1200. The fourth-order valence-electron chi connectivity index (χ4n) is 3.59. The van der Waals surface area contributed by atoms with Crippen LogP contribution in [0.4, 0.5) is 4.39 Å². The number of halogens is 1. The Kier molecular flexibility index (Phi) is 4.76. The van der Waals surface area contributed by atoms with Gasteiger partial charge in [0.2, 0.25) is 10.0 Å². The highest BCUT2D eigenvalue weighted by Gasteiger charge is 2.31. The van der Waals surface area contributed by atoms with E-state index in [1.807, 2.05) is 6.07 Å². The minimum atomic E-state index is -3.76. The summed E-state index contributed by atoms with van der Waals surface area (Å²) in [4.78, 5) is 17.0. The van der Waals surface area contributed by atoms with E-state index in [1.165, 1.54) is 22.8 Å². The lowest BCUT2D eigenvalue weighted by Crippen LogP contribution is -2.40. The Morgan fingerprint density at radius 3 is 2.54 bits per heavy atom. The highest BCUT2D eigenvalue weighted by molar-refractivity contribution is 7.89. The molecule has 1 aliphatic heterocycles. The van der Waals surface area contributed by atoms with Crippen LogP contribution in [0.25, 0.3) is 10.9 Å². The second kappa shape index (κ2) is 7.10. The number of benzene rings is 2. The molecule has 0 spiro atoms. The zero-order valence-corrected chi connectivity index (χ0v) is 16.2. The molecule has 1 fully saturated rings. The van der Waals surface area contributed by atoms with Crippen LogP contribution in [0.1, 0.15) is 24.4 Å². The van der Waals surface area contributed by atoms with Crippen molar-refractivity contribution >= 4 is 20.9 Å². The number of aromatic nitrogens is 2. The summed E-state index contributed by atoms with van der Waals surface area (Å²) in [5, 5.41) is 0.551. The molecular formula is C20H20FN3O3S. The third kappa shape index (κ3) is 3.22. The van der Waals surface area contributed by atoms with Gasteiger partial charge in [0.25, 0.3) is 5.56 Å². The Morgan fingerprint density at radius 1 is 1.11 bits per heavy atom. The largest absolute Gasteiger partial charge is 0.296 e. The highest BCUT2D eigenvalue weighted by Crippen LogP contribution is 2.27. The van der Waals surface area contributed by atoms with Crippen molar-refractivity contribution in [3.05, 3.63) is 70.5 Å². The van der Waals surface area contributed by atoms with Gasteiger partial charge < -0.3 is 0 Å². The molecule has 0 aliphatic carbocycles. The van der Waals surface area contributed by atoms with Crippen LogP contribution in [0, 0.1) is 12.7 Å². The van der Waals surface area contributed by atoms with E-state index in [2.05, 4.69) is 4.98 Å². The van der Waals surface area contributed by atoms with E-state index in [9.17, 15) is 17.6 Å². The molecule has 0 unspecified atom stereocenters. The van der Waals surface area contributed by atoms with Gasteiger partial charge in [-0.1, -0.05) is 18.2 Å². The first kappa shape index (κ1) is 18.8. The lowest BCUT2D eigenvalue weighted by atomic mass is 10.1. The number of piperidine rings is 1. The molecule has 146 valence electrons. The molecule has 0 atom stereocenters. The van der Waals surface area contributed by atoms with Gasteiger partial charge >= 0.3 is 0 Å². The van der Waals surface area contributed by atoms with E-state index < -0.39 is 15.8 Å². The molecule has 0 radical (unpaired) electrons. The standard InChI is InChI=1S/C20H20FN3O3S/c1-14-6-7-16(12-18(14)21)28(26,27)23-10-8-15(9-11-23)24-13-22-19-5-3-2-4-17(19)20(24)25/h2-7,12-13,15H,8-11H2,1H3. The number of aryl methyl sites for hydroxylation is 1. The van der Waals surface area contributed by atoms with Crippen molar-refractivity contribution in [1.29, 1.82) is 0 Å². The van der Waals surface area contributed by atoms with Crippen molar-refractivity contribution in [3.8, 4) is 0 Å². The van der Waals surface area contributed by atoms with Crippen LogP contribution in [0.2, 0.25) is 0 Å². The van der Waals surface area contributed by atoms with Gasteiger partial charge in [-0.3, -0.25) is 9.36 Å². The average molecular weight is 401 g/mol. The van der Waals surface area contributed by atoms with E-state index in [0.29, 0.717) is 29.3 Å². The molecule has 0 N–H and O–H groups in total. The van der Waals surface area contributed by atoms with Crippen molar-refractivity contribution < 1.29 is 12.8 Å². The summed E-state index contributed by atoms with van der Waals surface area (Å²) in [5.41, 5.74) is 0.929. The molecule has 1 aromatic heterocycles. The van der Waals surface area contributed by atoms with Crippen LogP contribution in [0.15, 0.2) is 58.5 Å². The Morgan fingerprint density at radius 2 is 1.82 bits per heavy atom. The summed E-state index contributed by atoms with van der Waals surface area (Å²) >= 11 is 0. The Labute approximate surface area is 162 Å². The van der Waals surface area contributed by atoms with Crippen LogP contribution >= 0.6 is 0 Å². The maximum Gasteiger partial charge on any atom is 0.261 e. The summed E-state index contributed by atoms with van der Waals surface area (Å²) in [7, 11) is -3.76. The SMILES string of the molecule is Cc1ccc(S(=O)(=O)N2CCC(n3cnc4ccccc4c3=O)CC2)cc1F. The van der Waals surface area contributed by atoms with E-state index in [0.717, 1.165) is 6.07 Å². The molecule has 6 nitrogen and oxygen atoms in total. The number of hydrogen-bond acceptors (Lipinski definition) is 4. The maximum atomic E-state index is 13.8. The molecule has 1 aliphatic rings. The second-order valence-corrected chi connectivity index (χ2v) is 8.96. The predicted molar refractivity (Wildman–Crippen MR) is 104 cm³/mol. The van der Waals surface area contributed by atoms with Crippen molar-refractivity contribution in [2.45, 2.75) is 30.7 Å². The first-order valence-corrected chi connectivity index (χ1v) is 10.5. The van der Waals surface area contributed by atoms with Crippen LogP contribution in [0.3, 0.4) is 0 Å². The van der Waals surface area contributed by atoms with Crippen molar-refractivity contribution in [1.82, 2.24) is 13.9 Å². The van der Waals surface area contributed by atoms with E-state index in [4.69, 9.17) is 0 Å². The first-order chi connectivity index (χ1) is 13.4. The zero-order chi connectivity index (χ0) is 19.9. The third-order valence-electron chi connectivity index (χ3n) is 5.29. The number of hydrogen-bond donors (Lipinski definition) is 0. The van der Waals surface area contributed by atoms with Gasteiger partial charge in [0, 0.05) is 19.1 Å². The molecule has 8 heteroatoms. The molecule has 4 rings (SSSR count). The minimum absolute atomic E-state index is 0.0430. The minimum Gasteiger partial charge on any atom is -0.296 e. The Hall–Kier alpha value is -2.58. The molecule has 2 aromatic carbocycles. The van der Waals surface area contributed by atoms with Crippen molar-refractivity contribution in [3.63, 3.8) is 0 Å². The Balaban J connectivity index is 1.55. The maximum absolute atomic E-state index is 13.8. The molecule has 1 saturated heterocycles. The smallest absolute Gasteiger partial charge is 0.261 e. The number of para-hydroxylation sites is 1. The fraction of sp³-hybridized carbons (Fsp3) is 0.300. The first-order valence-electron chi connectivity index (χ1n) is 9.10. The van der Waals surface area contributed by atoms with Gasteiger partial charge in [0.05, 0.1) is 22.1 Å². The van der Waals surface area contributed by atoms with Crippen LogP contribution in [-0.2, 0) is 10.0 Å². The second-order valence-electron chi connectivity index (χ2n) is 7.02. The number of fused-ring (bicyclic) bond motifs is 1. The molecule has 2 heterocycles. The number of sulfonamides is 1. The summed E-state index contributed by atoms with van der Waals surface area (Å²) in [6.45, 7) is 2.12. The van der Waals surface area contributed by atoms with Crippen LogP contribution < -0.4 is 5.56 Å². The summed E-state index contributed by atoms with van der Waals surface area (Å²) in [5.74, 6) is -0.537. The van der Waals surface area contributed by atoms with Crippen LogP contribution in [0.5, 0.6) is 0 Å². The molecule has 0 bridgehead atoms. The van der Waals surface area contributed by atoms with E-state index >= 15 is 0 Å².